The van der Waals surface area contributed by atoms with E-state index in [1.807, 2.05) is 0 Å². The van der Waals surface area contributed by atoms with Gasteiger partial charge in [0.2, 0.25) is 0 Å². The minimum Gasteiger partial charge on any atom is -0.322 e. The van der Waals surface area contributed by atoms with Crippen LogP contribution in [0.4, 0.5) is 18.9 Å². The van der Waals surface area contributed by atoms with Gasteiger partial charge in [-0.3, -0.25) is 4.79 Å². The zero-order chi connectivity index (χ0) is 15.6. The number of thioether (sulfide) groups is 1. The lowest BCUT2D eigenvalue weighted by Gasteiger charge is -2.08. The van der Waals surface area contributed by atoms with Gasteiger partial charge < -0.3 is 5.32 Å². The van der Waals surface area contributed by atoms with Crippen LogP contribution in [-0.2, 0) is 0 Å². The van der Waals surface area contributed by atoms with Crippen molar-refractivity contribution in [3.05, 3.63) is 58.4 Å². The second-order valence-electron chi connectivity index (χ2n) is 4.06. The molecule has 2 aromatic carbocycles. The molecule has 0 aromatic heterocycles. The molecule has 0 aliphatic carbocycles. The van der Waals surface area contributed by atoms with Crippen LogP contribution in [0, 0.1) is 17.5 Å². The third-order valence-corrected chi connectivity index (χ3v) is 3.87. The van der Waals surface area contributed by atoms with Gasteiger partial charge in [0.25, 0.3) is 5.91 Å². The van der Waals surface area contributed by atoms with Gasteiger partial charge in [0, 0.05) is 28.3 Å². The molecule has 0 atom stereocenters. The number of amides is 1. The number of hydrogen-bond donors (Lipinski definition) is 1. The fourth-order valence-electron chi connectivity index (χ4n) is 1.63. The number of rotatable bonds is 3. The standard InChI is InChI=1S/C14H9ClF3NOS/c1-21-12-4-7(2-3-9(12)15)14(20)19-8-5-10(16)13(18)11(17)6-8/h2-6H,1H3,(H,19,20). The van der Waals surface area contributed by atoms with Crippen LogP contribution in [0.25, 0.3) is 0 Å². The van der Waals surface area contributed by atoms with Crippen molar-refractivity contribution in [3.63, 3.8) is 0 Å². The number of nitrogens with one attached hydrogen (secondary N) is 1. The van der Waals surface area contributed by atoms with Crippen LogP contribution >= 0.6 is 23.4 Å². The van der Waals surface area contributed by atoms with E-state index in [0.29, 0.717) is 22.1 Å². The Morgan fingerprint density at radius 1 is 1.14 bits per heavy atom. The summed E-state index contributed by atoms with van der Waals surface area (Å²) in [5, 5.41) is 2.80. The van der Waals surface area contributed by atoms with Gasteiger partial charge in [0.05, 0.1) is 5.02 Å². The number of carbonyl (C=O) groups excluding carboxylic acids is 1. The third-order valence-electron chi connectivity index (χ3n) is 2.65. The van der Waals surface area contributed by atoms with E-state index in [4.69, 9.17) is 11.6 Å². The van der Waals surface area contributed by atoms with Crippen LogP contribution in [0.2, 0.25) is 5.02 Å². The Bertz CT molecular complexity index is 686. The Kier molecular flexibility index (Phi) is 4.80. The van der Waals surface area contributed by atoms with Crippen LogP contribution in [0.5, 0.6) is 0 Å². The number of halogens is 4. The molecule has 0 spiro atoms. The van der Waals surface area contributed by atoms with Gasteiger partial charge in [-0.05, 0) is 24.5 Å². The molecular weight excluding hydrogens is 323 g/mol. The average Bonchev–Trinajstić information content (AvgIpc) is 2.45. The molecule has 2 nitrogen and oxygen atoms in total. The van der Waals surface area contributed by atoms with E-state index in [0.717, 1.165) is 0 Å². The molecule has 0 aliphatic rings. The first kappa shape index (κ1) is 15.7. The van der Waals surface area contributed by atoms with E-state index < -0.39 is 23.4 Å². The van der Waals surface area contributed by atoms with Crippen molar-refractivity contribution in [1.82, 2.24) is 0 Å². The highest BCUT2D eigenvalue weighted by atomic mass is 35.5. The van der Waals surface area contributed by atoms with Crippen LogP contribution in [-0.4, -0.2) is 12.2 Å². The van der Waals surface area contributed by atoms with E-state index in [-0.39, 0.29) is 11.3 Å². The van der Waals surface area contributed by atoms with E-state index in [1.54, 1.807) is 18.4 Å². The van der Waals surface area contributed by atoms with Crippen molar-refractivity contribution in [1.29, 1.82) is 0 Å². The zero-order valence-corrected chi connectivity index (χ0v) is 12.3. The molecular formula is C14H9ClF3NOS. The SMILES string of the molecule is CSc1cc(C(=O)Nc2cc(F)c(F)c(F)c2)ccc1Cl. The summed E-state index contributed by atoms with van der Waals surface area (Å²) < 4.78 is 39.0. The first-order chi connectivity index (χ1) is 9.92. The van der Waals surface area contributed by atoms with Gasteiger partial charge in [0.15, 0.2) is 17.5 Å². The molecule has 1 N–H and O–H groups in total. The van der Waals surface area contributed by atoms with Gasteiger partial charge in [0.1, 0.15) is 0 Å². The maximum absolute atomic E-state index is 13.1. The summed E-state index contributed by atoms with van der Waals surface area (Å²) in [5.41, 5.74) is 0.103. The number of anilines is 1. The second-order valence-corrected chi connectivity index (χ2v) is 5.31. The minimum absolute atomic E-state index is 0.169. The van der Waals surface area contributed by atoms with Crippen LogP contribution in [0.15, 0.2) is 35.2 Å². The largest absolute Gasteiger partial charge is 0.322 e. The summed E-state index contributed by atoms with van der Waals surface area (Å²) in [6, 6.07) is 6.00. The molecule has 2 rings (SSSR count). The Balaban J connectivity index is 2.26. The molecule has 0 aliphatic heterocycles. The Labute approximate surface area is 128 Å². The molecule has 2 aromatic rings. The highest BCUT2D eigenvalue weighted by Crippen LogP contribution is 2.26. The molecule has 0 heterocycles. The Hall–Kier alpha value is -1.66. The smallest absolute Gasteiger partial charge is 0.255 e. The third kappa shape index (κ3) is 3.51. The minimum atomic E-state index is -1.58. The Morgan fingerprint density at radius 3 is 2.33 bits per heavy atom. The van der Waals surface area contributed by atoms with E-state index >= 15 is 0 Å². The van der Waals surface area contributed by atoms with Crippen molar-refractivity contribution in [2.75, 3.05) is 11.6 Å². The molecule has 1 amide bonds. The summed E-state index contributed by atoms with van der Waals surface area (Å²) in [6.45, 7) is 0. The van der Waals surface area contributed by atoms with Gasteiger partial charge in [-0.2, -0.15) is 0 Å². The van der Waals surface area contributed by atoms with E-state index in [9.17, 15) is 18.0 Å². The zero-order valence-electron chi connectivity index (χ0n) is 10.7. The summed E-state index contributed by atoms with van der Waals surface area (Å²) in [4.78, 5) is 12.7. The Morgan fingerprint density at radius 2 is 1.76 bits per heavy atom. The van der Waals surface area contributed by atoms with E-state index in [1.165, 1.54) is 17.8 Å². The lowest BCUT2D eigenvalue weighted by molar-refractivity contribution is 0.102. The molecule has 0 fully saturated rings. The fraction of sp³-hybridized carbons (Fsp3) is 0.0714. The summed E-state index contributed by atoms with van der Waals surface area (Å²) >= 11 is 7.29. The van der Waals surface area contributed by atoms with Gasteiger partial charge in [-0.25, -0.2) is 13.2 Å². The van der Waals surface area contributed by atoms with Crippen molar-refractivity contribution in [3.8, 4) is 0 Å². The molecule has 0 saturated carbocycles. The summed E-state index contributed by atoms with van der Waals surface area (Å²) in [6.07, 6.45) is 1.80. The monoisotopic (exact) mass is 331 g/mol. The maximum Gasteiger partial charge on any atom is 0.255 e. The number of carbonyl (C=O) groups is 1. The highest BCUT2D eigenvalue weighted by Gasteiger charge is 2.14. The molecule has 0 unspecified atom stereocenters. The molecule has 110 valence electrons. The molecule has 0 saturated heterocycles. The average molecular weight is 332 g/mol. The molecule has 0 bridgehead atoms. The van der Waals surface area contributed by atoms with Crippen molar-refractivity contribution in [2.45, 2.75) is 4.90 Å². The van der Waals surface area contributed by atoms with Crippen LogP contribution < -0.4 is 5.32 Å². The molecule has 0 radical (unpaired) electrons. The number of hydrogen-bond acceptors (Lipinski definition) is 2. The normalized spacial score (nSPS) is 10.5. The van der Waals surface area contributed by atoms with Crippen molar-refractivity contribution >= 4 is 35.0 Å². The van der Waals surface area contributed by atoms with Crippen molar-refractivity contribution < 1.29 is 18.0 Å². The highest BCUT2D eigenvalue weighted by molar-refractivity contribution is 7.98. The molecule has 7 heteroatoms. The van der Waals surface area contributed by atoms with Crippen LogP contribution in [0.3, 0.4) is 0 Å². The first-order valence-electron chi connectivity index (χ1n) is 5.72. The predicted octanol–water partition coefficient (Wildman–Crippen LogP) is 4.73. The predicted molar refractivity (Wildman–Crippen MR) is 77.5 cm³/mol. The first-order valence-corrected chi connectivity index (χ1v) is 7.32. The lowest BCUT2D eigenvalue weighted by Crippen LogP contribution is -2.12. The van der Waals surface area contributed by atoms with Gasteiger partial charge in [-0.15, -0.1) is 11.8 Å². The fourth-order valence-corrected chi connectivity index (χ4v) is 2.49. The quantitative estimate of drug-likeness (QED) is 0.650. The van der Waals surface area contributed by atoms with Gasteiger partial charge >= 0.3 is 0 Å². The summed E-state index contributed by atoms with van der Waals surface area (Å²) in [7, 11) is 0. The second kappa shape index (κ2) is 6.41. The summed E-state index contributed by atoms with van der Waals surface area (Å²) in [5.74, 6) is -4.89. The lowest BCUT2D eigenvalue weighted by atomic mass is 10.2. The number of benzene rings is 2. The van der Waals surface area contributed by atoms with Crippen LogP contribution in [0.1, 0.15) is 10.4 Å². The topological polar surface area (TPSA) is 29.1 Å². The van der Waals surface area contributed by atoms with E-state index in [2.05, 4.69) is 5.32 Å². The van der Waals surface area contributed by atoms with Crippen molar-refractivity contribution in [2.24, 2.45) is 0 Å². The maximum atomic E-state index is 13.1. The van der Waals surface area contributed by atoms with Gasteiger partial charge in [-0.1, -0.05) is 11.6 Å². The molecule has 21 heavy (non-hydrogen) atoms.